The minimum absolute atomic E-state index is 0.514. The highest BCUT2D eigenvalue weighted by Crippen LogP contribution is 2.17. The topological polar surface area (TPSA) is 51.2 Å². The smallest absolute Gasteiger partial charge is 0.190 e. The van der Waals surface area contributed by atoms with Crippen LogP contribution in [0.4, 0.5) is 5.88 Å². The van der Waals surface area contributed by atoms with Crippen LogP contribution in [0.25, 0.3) is 0 Å². The number of nitrogens with one attached hydrogen (secondary N) is 1. The summed E-state index contributed by atoms with van der Waals surface area (Å²) in [6.45, 7) is 0.807. The standard InChI is InChI=1S/C17H30N2O/c18-17-13-12-16(20-17)14-19-15-10-8-6-4-2-1-3-5-7-9-11-15/h12-13,15,19H,1-11,14,18H2. The lowest BCUT2D eigenvalue weighted by atomic mass is 9.98. The molecule has 2 rings (SSSR count). The van der Waals surface area contributed by atoms with Gasteiger partial charge in [0.05, 0.1) is 6.54 Å². The lowest BCUT2D eigenvalue weighted by Crippen LogP contribution is -2.28. The molecule has 3 heteroatoms. The Morgan fingerprint density at radius 3 is 1.95 bits per heavy atom. The zero-order valence-corrected chi connectivity index (χ0v) is 12.7. The number of nitrogens with two attached hydrogens (primary N) is 1. The molecule has 1 fully saturated rings. The summed E-state index contributed by atoms with van der Waals surface area (Å²) in [4.78, 5) is 0. The quantitative estimate of drug-likeness (QED) is 0.848. The maximum atomic E-state index is 5.61. The minimum Gasteiger partial charge on any atom is -0.445 e. The molecule has 0 aromatic carbocycles. The molecule has 0 saturated heterocycles. The summed E-state index contributed by atoms with van der Waals surface area (Å²) >= 11 is 0. The predicted molar refractivity (Wildman–Crippen MR) is 84.5 cm³/mol. The van der Waals surface area contributed by atoms with E-state index in [1.54, 1.807) is 0 Å². The molecular formula is C17H30N2O. The number of anilines is 1. The molecule has 114 valence electrons. The number of nitrogen functional groups attached to an aromatic ring is 1. The summed E-state index contributed by atoms with van der Waals surface area (Å²) in [6.07, 6.45) is 15.3. The first-order chi connectivity index (χ1) is 9.84. The molecule has 1 aliphatic rings. The second-order valence-electron chi connectivity index (χ2n) is 6.14. The van der Waals surface area contributed by atoms with Gasteiger partial charge in [-0.05, 0) is 18.9 Å². The number of hydrogen-bond acceptors (Lipinski definition) is 3. The normalized spacial score (nSPS) is 20.2. The molecule has 1 aromatic rings. The fourth-order valence-corrected chi connectivity index (χ4v) is 3.10. The molecule has 1 saturated carbocycles. The van der Waals surface area contributed by atoms with Gasteiger partial charge in [-0.3, -0.25) is 0 Å². The van der Waals surface area contributed by atoms with E-state index in [9.17, 15) is 0 Å². The molecule has 0 unspecified atom stereocenters. The van der Waals surface area contributed by atoms with Crippen molar-refractivity contribution in [3.63, 3.8) is 0 Å². The second kappa shape index (κ2) is 9.06. The van der Waals surface area contributed by atoms with Gasteiger partial charge in [0.1, 0.15) is 5.76 Å². The van der Waals surface area contributed by atoms with Crippen LogP contribution in [0.1, 0.15) is 76.4 Å². The van der Waals surface area contributed by atoms with Gasteiger partial charge in [-0.2, -0.15) is 0 Å². The summed E-state index contributed by atoms with van der Waals surface area (Å²) < 4.78 is 5.43. The molecule has 0 bridgehead atoms. The van der Waals surface area contributed by atoms with Crippen LogP contribution in [0.3, 0.4) is 0 Å². The van der Waals surface area contributed by atoms with Crippen LogP contribution in [-0.2, 0) is 6.54 Å². The number of hydrogen-bond donors (Lipinski definition) is 2. The Hall–Kier alpha value is -0.960. The molecular weight excluding hydrogens is 248 g/mol. The van der Waals surface area contributed by atoms with Gasteiger partial charge in [0.2, 0.25) is 0 Å². The first-order valence-corrected chi connectivity index (χ1v) is 8.42. The van der Waals surface area contributed by atoms with Crippen LogP contribution in [0.2, 0.25) is 0 Å². The SMILES string of the molecule is Nc1ccc(CNC2CCCCCCCCCCC2)o1. The maximum absolute atomic E-state index is 5.61. The van der Waals surface area contributed by atoms with Crippen LogP contribution in [-0.4, -0.2) is 6.04 Å². The molecule has 0 atom stereocenters. The lowest BCUT2D eigenvalue weighted by Gasteiger charge is -2.19. The van der Waals surface area contributed by atoms with E-state index in [0.29, 0.717) is 11.9 Å². The number of rotatable bonds is 3. The molecule has 1 aromatic heterocycles. The molecule has 1 heterocycles. The first kappa shape index (κ1) is 15.4. The van der Waals surface area contributed by atoms with Crippen LogP contribution < -0.4 is 11.1 Å². The van der Waals surface area contributed by atoms with Crippen molar-refractivity contribution in [1.29, 1.82) is 0 Å². The van der Waals surface area contributed by atoms with Crippen molar-refractivity contribution < 1.29 is 4.42 Å². The van der Waals surface area contributed by atoms with Crippen molar-refractivity contribution >= 4 is 5.88 Å². The Morgan fingerprint density at radius 2 is 1.45 bits per heavy atom. The lowest BCUT2D eigenvalue weighted by molar-refractivity contribution is 0.385. The Bertz CT molecular complexity index is 350. The van der Waals surface area contributed by atoms with Crippen LogP contribution in [0.15, 0.2) is 16.5 Å². The highest BCUT2D eigenvalue weighted by atomic mass is 16.4. The van der Waals surface area contributed by atoms with Crippen molar-refractivity contribution in [2.45, 2.75) is 83.2 Å². The predicted octanol–water partition coefficient (Wildman–Crippen LogP) is 4.62. The van der Waals surface area contributed by atoms with Gasteiger partial charge in [-0.25, -0.2) is 0 Å². The van der Waals surface area contributed by atoms with Gasteiger partial charge in [0.25, 0.3) is 0 Å². The molecule has 1 aliphatic carbocycles. The van der Waals surface area contributed by atoms with E-state index in [4.69, 9.17) is 10.2 Å². The van der Waals surface area contributed by atoms with E-state index in [0.717, 1.165) is 12.3 Å². The molecule has 3 nitrogen and oxygen atoms in total. The highest BCUT2D eigenvalue weighted by molar-refractivity contribution is 5.25. The third-order valence-electron chi connectivity index (χ3n) is 4.35. The van der Waals surface area contributed by atoms with Crippen LogP contribution in [0, 0.1) is 0 Å². The van der Waals surface area contributed by atoms with Gasteiger partial charge >= 0.3 is 0 Å². The van der Waals surface area contributed by atoms with Gasteiger partial charge in [-0.1, -0.05) is 57.8 Å². The van der Waals surface area contributed by atoms with Crippen molar-refractivity contribution in [2.24, 2.45) is 0 Å². The average molecular weight is 278 g/mol. The van der Waals surface area contributed by atoms with Crippen molar-refractivity contribution in [1.82, 2.24) is 5.32 Å². The van der Waals surface area contributed by atoms with E-state index in [1.807, 2.05) is 12.1 Å². The zero-order chi connectivity index (χ0) is 14.0. The molecule has 20 heavy (non-hydrogen) atoms. The largest absolute Gasteiger partial charge is 0.445 e. The summed E-state index contributed by atoms with van der Waals surface area (Å²) in [5.74, 6) is 1.47. The van der Waals surface area contributed by atoms with E-state index in [2.05, 4.69) is 5.32 Å². The van der Waals surface area contributed by atoms with Crippen molar-refractivity contribution in [3.05, 3.63) is 17.9 Å². The van der Waals surface area contributed by atoms with Gasteiger partial charge < -0.3 is 15.5 Å². The Balaban J connectivity index is 1.73. The summed E-state index contributed by atoms with van der Waals surface area (Å²) in [5, 5.41) is 3.65. The Morgan fingerprint density at radius 1 is 0.900 bits per heavy atom. The van der Waals surface area contributed by atoms with Crippen LogP contribution >= 0.6 is 0 Å². The summed E-state index contributed by atoms with van der Waals surface area (Å²) in [6, 6.07) is 4.44. The zero-order valence-electron chi connectivity index (χ0n) is 12.7. The van der Waals surface area contributed by atoms with Gasteiger partial charge in [-0.15, -0.1) is 0 Å². The highest BCUT2D eigenvalue weighted by Gasteiger charge is 2.10. The van der Waals surface area contributed by atoms with Crippen LogP contribution in [0.5, 0.6) is 0 Å². The Kier molecular flexibility index (Phi) is 6.99. The summed E-state index contributed by atoms with van der Waals surface area (Å²) in [5.41, 5.74) is 5.61. The fourth-order valence-electron chi connectivity index (χ4n) is 3.10. The van der Waals surface area contributed by atoms with Crippen molar-refractivity contribution in [2.75, 3.05) is 5.73 Å². The molecule has 0 spiro atoms. The summed E-state index contributed by atoms with van der Waals surface area (Å²) in [7, 11) is 0. The first-order valence-electron chi connectivity index (χ1n) is 8.42. The van der Waals surface area contributed by atoms with E-state index >= 15 is 0 Å². The third-order valence-corrected chi connectivity index (χ3v) is 4.35. The second-order valence-corrected chi connectivity index (χ2v) is 6.14. The third kappa shape index (κ3) is 6.00. The average Bonchev–Trinajstić information content (AvgIpc) is 2.84. The van der Waals surface area contributed by atoms with E-state index < -0.39 is 0 Å². The number of furan rings is 1. The monoisotopic (exact) mass is 278 g/mol. The fraction of sp³-hybridized carbons (Fsp3) is 0.765. The van der Waals surface area contributed by atoms with E-state index in [1.165, 1.54) is 70.6 Å². The molecule has 0 aliphatic heterocycles. The molecule has 3 N–H and O–H groups in total. The van der Waals surface area contributed by atoms with Gasteiger partial charge in [0, 0.05) is 12.1 Å². The van der Waals surface area contributed by atoms with E-state index in [-0.39, 0.29) is 0 Å². The minimum atomic E-state index is 0.514. The Labute approximate surface area is 123 Å². The van der Waals surface area contributed by atoms with Gasteiger partial charge in [0.15, 0.2) is 5.88 Å². The van der Waals surface area contributed by atoms with Crippen molar-refractivity contribution in [3.8, 4) is 0 Å². The molecule has 0 radical (unpaired) electrons. The maximum Gasteiger partial charge on any atom is 0.190 e. The molecule has 0 amide bonds.